The average molecular weight is 279 g/mol. The topological polar surface area (TPSA) is 34.1 Å². The predicted molar refractivity (Wildman–Crippen MR) is 63.5 cm³/mol. The molecule has 5 heteroatoms. The molecule has 0 aliphatic carbocycles. The molecule has 1 N–H and O–H groups in total. The van der Waals surface area contributed by atoms with Gasteiger partial charge in [0.2, 0.25) is 5.88 Å². The van der Waals surface area contributed by atoms with E-state index < -0.39 is 0 Å². The Morgan fingerprint density at radius 3 is 3.07 bits per heavy atom. The second kappa shape index (κ2) is 6.37. The maximum Gasteiger partial charge on any atom is 0.225 e. The van der Waals surface area contributed by atoms with Crippen molar-refractivity contribution in [2.45, 2.75) is 19.4 Å². The van der Waals surface area contributed by atoms with Crippen molar-refractivity contribution in [1.29, 1.82) is 0 Å². The SMILES string of the molecule is COc1cc(C(C)NCCCBr)sn1. The lowest BCUT2D eigenvalue weighted by atomic mass is 10.2. The zero-order chi connectivity index (χ0) is 10.4. The van der Waals surface area contributed by atoms with Gasteiger partial charge in [0, 0.05) is 22.3 Å². The molecule has 0 aliphatic rings. The summed E-state index contributed by atoms with van der Waals surface area (Å²) >= 11 is 4.89. The molecule has 3 nitrogen and oxygen atoms in total. The van der Waals surface area contributed by atoms with Crippen molar-refractivity contribution < 1.29 is 4.74 Å². The Hall–Kier alpha value is -0.130. The normalized spacial score (nSPS) is 12.8. The highest BCUT2D eigenvalue weighted by Gasteiger charge is 2.08. The van der Waals surface area contributed by atoms with Crippen molar-refractivity contribution in [2.75, 3.05) is 19.0 Å². The fourth-order valence-corrected chi connectivity index (χ4v) is 2.06. The zero-order valence-electron chi connectivity index (χ0n) is 8.42. The summed E-state index contributed by atoms with van der Waals surface area (Å²) in [5.41, 5.74) is 0. The Balaban J connectivity index is 2.39. The second-order valence-electron chi connectivity index (χ2n) is 2.99. The second-order valence-corrected chi connectivity index (χ2v) is 4.62. The number of halogens is 1. The summed E-state index contributed by atoms with van der Waals surface area (Å²) < 4.78 is 9.19. The molecule has 1 aromatic heterocycles. The molecule has 0 amide bonds. The van der Waals surface area contributed by atoms with Gasteiger partial charge >= 0.3 is 0 Å². The minimum atomic E-state index is 0.357. The van der Waals surface area contributed by atoms with Gasteiger partial charge in [0.15, 0.2) is 0 Å². The maximum atomic E-state index is 5.03. The van der Waals surface area contributed by atoms with Gasteiger partial charge in [-0.2, -0.15) is 4.37 Å². The summed E-state index contributed by atoms with van der Waals surface area (Å²) in [6, 6.07) is 2.34. The molecule has 0 saturated heterocycles. The van der Waals surface area contributed by atoms with Gasteiger partial charge in [-0.05, 0) is 31.4 Å². The van der Waals surface area contributed by atoms with Gasteiger partial charge in [-0.3, -0.25) is 0 Å². The molecule has 0 radical (unpaired) electrons. The predicted octanol–water partition coefficient (Wildman–Crippen LogP) is 2.59. The summed E-state index contributed by atoms with van der Waals surface area (Å²) in [5.74, 6) is 0.708. The van der Waals surface area contributed by atoms with Crippen LogP contribution in [-0.4, -0.2) is 23.4 Å². The Morgan fingerprint density at radius 2 is 2.50 bits per heavy atom. The lowest BCUT2D eigenvalue weighted by molar-refractivity contribution is 0.402. The first kappa shape index (κ1) is 11.9. The van der Waals surface area contributed by atoms with E-state index in [0.29, 0.717) is 11.9 Å². The summed E-state index contributed by atoms with van der Waals surface area (Å²) in [6.45, 7) is 3.16. The van der Waals surface area contributed by atoms with E-state index >= 15 is 0 Å². The van der Waals surface area contributed by atoms with E-state index in [1.165, 1.54) is 16.4 Å². The van der Waals surface area contributed by atoms with E-state index in [4.69, 9.17) is 4.74 Å². The molecular formula is C9H15BrN2OS. The number of nitrogens with one attached hydrogen (secondary N) is 1. The third-order valence-electron chi connectivity index (χ3n) is 1.90. The molecular weight excluding hydrogens is 264 g/mol. The zero-order valence-corrected chi connectivity index (χ0v) is 10.8. The first-order valence-electron chi connectivity index (χ1n) is 4.58. The molecule has 0 aromatic carbocycles. The lowest BCUT2D eigenvalue weighted by Crippen LogP contribution is -2.19. The molecule has 0 saturated carbocycles. The third kappa shape index (κ3) is 3.55. The molecule has 0 bridgehead atoms. The summed E-state index contributed by atoms with van der Waals surface area (Å²) in [6.07, 6.45) is 1.14. The number of hydrogen-bond donors (Lipinski definition) is 1. The minimum Gasteiger partial charge on any atom is -0.480 e. The van der Waals surface area contributed by atoms with Crippen molar-refractivity contribution in [2.24, 2.45) is 0 Å². The number of ether oxygens (including phenoxy) is 1. The van der Waals surface area contributed by atoms with Crippen LogP contribution in [0, 0.1) is 0 Å². The average Bonchev–Trinajstić information content (AvgIpc) is 2.66. The van der Waals surface area contributed by atoms with Gasteiger partial charge in [-0.15, -0.1) is 0 Å². The van der Waals surface area contributed by atoms with E-state index in [1.807, 2.05) is 6.07 Å². The first-order valence-corrected chi connectivity index (χ1v) is 6.47. The Kier molecular flexibility index (Phi) is 5.44. The number of alkyl halides is 1. The fourth-order valence-electron chi connectivity index (χ4n) is 1.06. The van der Waals surface area contributed by atoms with Gasteiger partial charge in [0.1, 0.15) is 0 Å². The van der Waals surface area contributed by atoms with E-state index in [1.54, 1.807) is 7.11 Å². The van der Waals surface area contributed by atoms with Crippen molar-refractivity contribution in [1.82, 2.24) is 9.69 Å². The van der Waals surface area contributed by atoms with Gasteiger partial charge in [0.05, 0.1) is 7.11 Å². The van der Waals surface area contributed by atoms with Crippen LogP contribution in [0.15, 0.2) is 6.07 Å². The molecule has 1 atom stereocenters. The van der Waals surface area contributed by atoms with E-state index in [9.17, 15) is 0 Å². The molecule has 1 aromatic rings. The van der Waals surface area contributed by atoms with Crippen LogP contribution >= 0.6 is 27.5 Å². The van der Waals surface area contributed by atoms with E-state index in [0.717, 1.165) is 18.3 Å². The van der Waals surface area contributed by atoms with Gasteiger partial charge in [-0.25, -0.2) is 0 Å². The fraction of sp³-hybridized carbons (Fsp3) is 0.667. The van der Waals surface area contributed by atoms with E-state index in [2.05, 4.69) is 32.5 Å². The molecule has 1 rings (SSSR count). The van der Waals surface area contributed by atoms with Crippen LogP contribution in [0.5, 0.6) is 5.88 Å². The lowest BCUT2D eigenvalue weighted by Gasteiger charge is -2.09. The molecule has 0 aliphatic heterocycles. The van der Waals surface area contributed by atoms with Crippen molar-refractivity contribution in [3.8, 4) is 5.88 Å². The number of rotatable bonds is 6. The highest BCUT2D eigenvalue weighted by Crippen LogP contribution is 2.22. The number of aromatic nitrogens is 1. The molecule has 1 unspecified atom stereocenters. The smallest absolute Gasteiger partial charge is 0.225 e. The third-order valence-corrected chi connectivity index (χ3v) is 3.42. The Bertz CT molecular complexity index is 267. The van der Waals surface area contributed by atoms with Crippen LogP contribution in [0.25, 0.3) is 0 Å². The maximum absolute atomic E-state index is 5.03. The molecule has 0 spiro atoms. The van der Waals surface area contributed by atoms with Crippen molar-refractivity contribution in [3.63, 3.8) is 0 Å². The van der Waals surface area contributed by atoms with Crippen LogP contribution in [0.3, 0.4) is 0 Å². The highest BCUT2D eigenvalue weighted by molar-refractivity contribution is 9.09. The summed E-state index contributed by atoms with van der Waals surface area (Å²) in [4.78, 5) is 1.22. The van der Waals surface area contributed by atoms with Gasteiger partial charge in [-0.1, -0.05) is 15.9 Å². The first-order chi connectivity index (χ1) is 6.77. The summed E-state index contributed by atoms with van der Waals surface area (Å²) in [7, 11) is 1.64. The van der Waals surface area contributed by atoms with Crippen LogP contribution < -0.4 is 10.1 Å². The van der Waals surface area contributed by atoms with Crippen LogP contribution in [-0.2, 0) is 0 Å². The molecule has 14 heavy (non-hydrogen) atoms. The number of hydrogen-bond acceptors (Lipinski definition) is 4. The number of nitrogens with zero attached hydrogens (tertiary/aromatic N) is 1. The quantitative estimate of drug-likeness (QED) is 0.642. The summed E-state index contributed by atoms with van der Waals surface area (Å²) in [5, 5.41) is 4.46. The molecule has 1 heterocycles. The minimum absolute atomic E-state index is 0.357. The standard InChI is InChI=1S/C9H15BrN2OS/c1-7(11-5-3-4-10)8-6-9(13-2)12-14-8/h6-7,11H,3-5H2,1-2H3. The monoisotopic (exact) mass is 278 g/mol. The Morgan fingerprint density at radius 1 is 1.71 bits per heavy atom. The van der Waals surface area contributed by atoms with Crippen LogP contribution in [0.2, 0.25) is 0 Å². The Labute approximate surface area is 97.2 Å². The van der Waals surface area contributed by atoms with Crippen molar-refractivity contribution in [3.05, 3.63) is 10.9 Å². The van der Waals surface area contributed by atoms with E-state index in [-0.39, 0.29) is 0 Å². The molecule has 80 valence electrons. The molecule has 0 fully saturated rings. The largest absolute Gasteiger partial charge is 0.480 e. The number of methoxy groups -OCH3 is 1. The van der Waals surface area contributed by atoms with Gasteiger partial charge < -0.3 is 10.1 Å². The van der Waals surface area contributed by atoms with Crippen molar-refractivity contribution >= 4 is 27.5 Å². The van der Waals surface area contributed by atoms with Crippen LogP contribution in [0.1, 0.15) is 24.3 Å². The highest BCUT2D eigenvalue weighted by atomic mass is 79.9. The van der Waals surface area contributed by atoms with Gasteiger partial charge in [0.25, 0.3) is 0 Å². The van der Waals surface area contributed by atoms with Crippen LogP contribution in [0.4, 0.5) is 0 Å².